The summed E-state index contributed by atoms with van der Waals surface area (Å²) < 4.78 is 23.0. The van der Waals surface area contributed by atoms with E-state index in [4.69, 9.17) is 11.6 Å². The molecule has 84 valence electrons. The van der Waals surface area contributed by atoms with Gasteiger partial charge in [0.25, 0.3) is 0 Å². The SMILES string of the molecule is CC(C)CC(Cl)S(=O)(=O)c1ccccc1. The summed E-state index contributed by atoms with van der Waals surface area (Å²) in [5.74, 6) is 0.269. The van der Waals surface area contributed by atoms with Crippen LogP contribution in [0.1, 0.15) is 20.3 Å². The number of hydrogen-bond acceptors (Lipinski definition) is 2. The minimum atomic E-state index is -3.37. The second-order valence-corrected chi connectivity index (χ2v) is 6.81. The number of benzene rings is 1. The first kappa shape index (κ1) is 12.5. The van der Waals surface area contributed by atoms with Crippen LogP contribution in [0.15, 0.2) is 35.2 Å². The predicted molar refractivity (Wildman–Crippen MR) is 62.7 cm³/mol. The average molecular weight is 247 g/mol. The maximum atomic E-state index is 11.9. The van der Waals surface area contributed by atoms with Gasteiger partial charge < -0.3 is 0 Å². The summed E-state index contributed by atoms with van der Waals surface area (Å²) in [5, 5.41) is 0. The fourth-order valence-electron chi connectivity index (χ4n) is 1.26. The Balaban J connectivity index is 2.94. The van der Waals surface area contributed by atoms with E-state index in [1.54, 1.807) is 30.3 Å². The second kappa shape index (κ2) is 4.99. The van der Waals surface area contributed by atoms with Crippen molar-refractivity contribution in [3.05, 3.63) is 30.3 Å². The lowest BCUT2D eigenvalue weighted by atomic mass is 10.2. The van der Waals surface area contributed by atoms with Gasteiger partial charge in [-0.05, 0) is 24.5 Å². The van der Waals surface area contributed by atoms with Crippen molar-refractivity contribution in [3.8, 4) is 0 Å². The number of alkyl halides is 1. The molecule has 0 spiro atoms. The van der Waals surface area contributed by atoms with Crippen molar-refractivity contribution in [2.45, 2.75) is 29.9 Å². The summed E-state index contributed by atoms with van der Waals surface area (Å²) in [6.07, 6.45) is 0.471. The number of rotatable bonds is 4. The summed E-state index contributed by atoms with van der Waals surface area (Å²) >= 11 is 5.91. The standard InChI is InChI=1S/C11H15ClO2S/c1-9(2)8-11(12)15(13,14)10-6-4-3-5-7-10/h3-7,9,11H,8H2,1-2H3. The molecular formula is C11H15ClO2S. The second-order valence-electron chi connectivity index (χ2n) is 3.90. The van der Waals surface area contributed by atoms with Gasteiger partial charge in [-0.15, -0.1) is 11.6 Å². The topological polar surface area (TPSA) is 34.1 Å². The van der Waals surface area contributed by atoms with Crippen LogP contribution >= 0.6 is 11.6 Å². The van der Waals surface area contributed by atoms with Gasteiger partial charge in [0.2, 0.25) is 0 Å². The monoisotopic (exact) mass is 246 g/mol. The van der Waals surface area contributed by atoms with Gasteiger partial charge in [-0.25, -0.2) is 8.42 Å². The van der Waals surface area contributed by atoms with Gasteiger partial charge in [0.1, 0.15) is 4.71 Å². The lowest BCUT2D eigenvalue weighted by Crippen LogP contribution is -2.17. The molecule has 1 aromatic rings. The summed E-state index contributed by atoms with van der Waals surface area (Å²) in [7, 11) is -3.37. The Bertz CT molecular complexity index is 398. The van der Waals surface area contributed by atoms with E-state index in [-0.39, 0.29) is 5.92 Å². The van der Waals surface area contributed by atoms with E-state index in [0.717, 1.165) is 0 Å². The number of hydrogen-bond donors (Lipinski definition) is 0. The fraction of sp³-hybridized carbons (Fsp3) is 0.455. The molecule has 0 aromatic heterocycles. The third-order valence-electron chi connectivity index (χ3n) is 2.07. The van der Waals surface area contributed by atoms with Crippen LogP contribution in [-0.2, 0) is 9.84 Å². The first-order chi connectivity index (χ1) is 6.94. The maximum absolute atomic E-state index is 11.9. The molecule has 0 amide bonds. The Morgan fingerprint density at radius 1 is 1.20 bits per heavy atom. The van der Waals surface area contributed by atoms with Gasteiger partial charge in [0, 0.05) is 0 Å². The summed E-state index contributed by atoms with van der Waals surface area (Å²) in [6, 6.07) is 8.33. The van der Waals surface area contributed by atoms with Crippen LogP contribution in [0, 0.1) is 5.92 Å². The third kappa shape index (κ3) is 3.21. The molecular weight excluding hydrogens is 232 g/mol. The van der Waals surface area contributed by atoms with Gasteiger partial charge in [-0.3, -0.25) is 0 Å². The van der Waals surface area contributed by atoms with E-state index in [1.807, 2.05) is 13.8 Å². The molecule has 1 rings (SSSR count). The highest BCUT2D eigenvalue weighted by molar-refractivity contribution is 7.93. The molecule has 0 aliphatic heterocycles. The maximum Gasteiger partial charge on any atom is 0.195 e. The van der Waals surface area contributed by atoms with Crippen molar-refractivity contribution in [2.24, 2.45) is 5.92 Å². The van der Waals surface area contributed by atoms with E-state index >= 15 is 0 Å². The molecule has 1 unspecified atom stereocenters. The van der Waals surface area contributed by atoms with Crippen molar-refractivity contribution in [1.82, 2.24) is 0 Å². The van der Waals surface area contributed by atoms with Gasteiger partial charge in [0.15, 0.2) is 9.84 Å². The molecule has 1 atom stereocenters. The minimum Gasteiger partial charge on any atom is -0.222 e. The highest BCUT2D eigenvalue weighted by Gasteiger charge is 2.25. The van der Waals surface area contributed by atoms with Crippen molar-refractivity contribution < 1.29 is 8.42 Å². The fourth-order valence-corrected chi connectivity index (χ4v) is 3.39. The zero-order valence-corrected chi connectivity index (χ0v) is 10.4. The summed E-state index contributed by atoms with van der Waals surface area (Å²) in [6.45, 7) is 3.91. The van der Waals surface area contributed by atoms with Crippen molar-refractivity contribution >= 4 is 21.4 Å². The summed E-state index contributed by atoms with van der Waals surface area (Å²) in [4.78, 5) is 0.297. The van der Waals surface area contributed by atoms with Crippen LogP contribution < -0.4 is 0 Å². The van der Waals surface area contributed by atoms with E-state index in [0.29, 0.717) is 11.3 Å². The zero-order chi connectivity index (χ0) is 11.5. The smallest absolute Gasteiger partial charge is 0.195 e. The van der Waals surface area contributed by atoms with Gasteiger partial charge in [-0.1, -0.05) is 32.0 Å². The molecule has 0 aliphatic carbocycles. The van der Waals surface area contributed by atoms with Gasteiger partial charge in [0.05, 0.1) is 4.90 Å². The van der Waals surface area contributed by atoms with Crippen LogP contribution in [0.2, 0.25) is 0 Å². The largest absolute Gasteiger partial charge is 0.222 e. The Morgan fingerprint density at radius 2 is 1.73 bits per heavy atom. The van der Waals surface area contributed by atoms with Crippen LogP contribution in [0.25, 0.3) is 0 Å². The Kier molecular flexibility index (Phi) is 4.17. The minimum absolute atomic E-state index is 0.269. The molecule has 4 heteroatoms. The first-order valence-corrected chi connectivity index (χ1v) is 6.86. The summed E-state index contributed by atoms with van der Waals surface area (Å²) in [5.41, 5.74) is 0. The van der Waals surface area contributed by atoms with E-state index < -0.39 is 14.5 Å². The molecule has 0 radical (unpaired) electrons. The molecule has 15 heavy (non-hydrogen) atoms. The highest BCUT2D eigenvalue weighted by atomic mass is 35.5. The first-order valence-electron chi connectivity index (χ1n) is 4.87. The highest BCUT2D eigenvalue weighted by Crippen LogP contribution is 2.23. The van der Waals surface area contributed by atoms with Crippen LogP contribution in [0.3, 0.4) is 0 Å². The van der Waals surface area contributed by atoms with Crippen LogP contribution in [0.4, 0.5) is 0 Å². The third-order valence-corrected chi connectivity index (χ3v) is 4.74. The molecule has 0 aliphatic rings. The molecule has 0 N–H and O–H groups in total. The van der Waals surface area contributed by atoms with Gasteiger partial charge in [-0.2, -0.15) is 0 Å². The lowest BCUT2D eigenvalue weighted by Gasteiger charge is -2.12. The van der Waals surface area contributed by atoms with E-state index in [2.05, 4.69) is 0 Å². The van der Waals surface area contributed by atoms with Crippen molar-refractivity contribution in [1.29, 1.82) is 0 Å². The average Bonchev–Trinajstić information content (AvgIpc) is 2.18. The molecule has 2 nitrogen and oxygen atoms in total. The number of sulfone groups is 1. The Labute approximate surface area is 96.2 Å². The van der Waals surface area contributed by atoms with Crippen molar-refractivity contribution in [3.63, 3.8) is 0 Å². The van der Waals surface area contributed by atoms with Crippen LogP contribution in [-0.4, -0.2) is 13.1 Å². The Hall–Kier alpha value is -0.540. The number of halogens is 1. The lowest BCUT2D eigenvalue weighted by molar-refractivity contribution is 0.563. The molecule has 0 bridgehead atoms. The van der Waals surface area contributed by atoms with E-state index in [1.165, 1.54) is 0 Å². The van der Waals surface area contributed by atoms with Crippen molar-refractivity contribution in [2.75, 3.05) is 0 Å². The normalized spacial score (nSPS) is 14.1. The zero-order valence-electron chi connectivity index (χ0n) is 8.85. The molecule has 0 heterocycles. The molecule has 0 fully saturated rings. The molecule has 0 saturated heterocycles. The Morgan fingerprint density at radius 3 is 2.20 bits per heavy atom. The molecule has 1 aromatic carbocycles. The quantitative estimate of drug-likeness (QED) is 0.766. The van der Waals surface area contributed by atoms with E-state index in [9.17, 15) is 8.42 Å². The molecule has 0 saturated carbocycles. The van der Waals surface area contributed by atoms with Crippen LogP contribution in [0.5, 0.6) is 0 Å². The van der Waals surface area contributed by atoms with Gasteiger partial charge >= 0.3 is 0 Å². The predicted octanol–water partition coefficient (Wildman–Crippen LogP) is 3.07.